The molecule has 4 rings (SSSR count). The third kappa shape index (κ3) is 8.54. The third-order valence-electron chi connectivity index (χ3n) is 7.73. The van der Waals surface area contributed by atoms with E-state index in [0.717, 1.165) is 45.3 Å². The van der Waals surface area contributed by atoms with Gasteiger partial charge in [0.15, 0.2) is 0 Å². The maximum atomic E-state index is 8.91. The van der Waals surface area contributed by atoms with Crippen LogP contribution in [-0.2, 0) is 0 Å². The number of unbranched alkanes of at least 4 members (excludes halogenated alkanes) is 8. The SMILES string of the molecule is CCCCCCCOc1c(Sc2ccc(C)cc2C)c(Sc2ccccc2N)c(OCCCCCCC)c2c1C(=N)NC2=N. The molecule has 0 saturated carbocycles. The molecule has 0 amide bonds. The maximum Gasteiger partial charge on any atom is 0.146 e. The molecule has 0 saturated heterocycles. The van der Waals surface area contributed by atoms with Gasteiger partial charge in [-0.15, -0.1) is 0 Å². The normalized spacial score (nSPS) is 12.4. The quantitative estimate of drug-likeness (QED) is 0.0822. The number of ether oxygens (including phenoxy) is 2. The van der Waals surface area contributed by atoms with Gasteiger partial charge in [0.2, 0.25) is 0 Å². The van der Waals surface area contributed by atoms with Crippen molar-refractivity contribution < 1.29 is 9.47 Å². The van der Waals surface area contributed by atoms with Crippen LogP contribution >= 0.6 is 23.5 Å². The number of nitrogens with two attached hydrogens (primary N) is 1. The molecule has 6 nitrogen and oxygen atoms in total. The molecule has 0 fully saturated rings. The first-order valence-corrected chi connectivity index (χ1v) is 17.7. The summed E-state index contributed by atoms with van der Waals surface area (Å²) in [5.41, 5.74) is 10.8. The van der Waals surface area contributed by atoms with Crippen molar-refractivity contribution in [2.75, 3.05) is 18.9 Å². The Balaban J connectivity index is 1.86. The van der Waals surface area contributed by atoms with E-state index in [1.54, 1.807) is 23.5 Å². The van der Waals surface area contributed by atoms with Gasteiger partial charge in [0.05, 0.1) is 34.1 Å². The van der Waals surface area contributed by atoms with Crippen molar-refractivity contribution in [3.8, 4) is 11.5 Å². The minimum atomic E-state index is 0.171. The zero-order valence-electron chi connectivity index (χ0n) is 26.7. The van der Waals surface area contributed by atoms with E-state index in [1.165, 1.54) is 49.7 Å². The molecule has 3 aromatic carbocycles. The molecule has 8 heteroatoms. The summed E-state index contributed by atoms with van der Waals surface area (Å²) in [6.45, 7) is 9.76. The average molecular weight is 633 g/mol. The van der Waals surface area contributed by atoms with Gasteiger partial charge in [0, 0.05) is 15.5 Å². The number of fused-ring (bicyclic) bond motifs is 1. The summed E-state index contributed by atoms with van der Waals surface area (Å²) < 4.78 is 13.3. The van der Waals surface area contributed by atoms with Crippen molar-refractivity contribution in [1.29, 1.82) is 10.8 Å². The lowest BCUT2D eigenvalue weighted by atomic mass is 10.1. The number of hydrogen-bond acceptors (Lipinski definition) is 7. The first kappa shape index (κ1) is 33.8. The van der Waals surface area contributed by atoms with Crippen molar-refractivity contribution >= 4 is 40.9 Å². The molecule has 3 aromatic rings. The van der Waals surface area contributed by atoms with E-state index in [4.69, 9.17) is 26.0 Å². The lowest BCUT2D eigenvalue weighted by Crippen LogP contribution is -2.20. The lowest BCUT2D eigenvalue weighted by Gasteiger charge is -2.23. The van der Waals surface area contributed by atoms with Crippen LogP contribution in [0.2, 0.25) is 0 Å². The minimum absolute atomic E-state index is 0.171. The molecule has 0 spiro atoms. The molecule has 236 valence electrons. The van der Waals surface area contributed by atoms with Crippen molar-refractivity contribution in [2.45, 2.75) is 111 Å². The number of benzene rings is 3. The molecule has 0 aliphatic carbocycles. The summed E-state index contributed by atoms with van der Waals surface area (Å²) in [7, 11) is 0. The molecule has 1 aliphatic rings. The smallest absolute Gasteiger partial charge is 0.146 e. The van der Waals surface area contributed by atoms with Crippen LogP contribution in [0, 0.1) is 24.7 Å². The molecule has 1 heterocycles. The number of rotatable bonds is 18. The van der Waals surface area contributed by atoms with Crippen molar-refractivity contribution in [3.63, 3.8) is 0 Å². The maximum absolute atomic E-state index is 8.91. The molecule has 44 heavy (non-hydrogen) atoms. The fraction of sp³-hybridized carbons (Fsp3) is 0.444. The summed E-state index contributed by atoms with van der Waals surface area (Å²) >= 11 is 3.20. The monoisotopic (exact) mass is 632 g/mol. The van der Waals surface area contributed by atoms with Gasteiger partial charge in [-0.25, -0.2) is 0 Å². The predicted molar refractivity (Wildman–Crippen MR) is 187 cm³/mol. The van der Waals surface area contributed by atoms with Gasteiger partial charge in [0.25, 0.3) is 0 Å². The van der Waals surface area contributed by atoms with Crippen LogP contribution in [0.1, 0.15) is 100 Å². The van der Waals surface area contributed by atoms with Gasteiger partial charge in [-0.3, -0.25) is 10.8 Å². The Morgan fingerprint density at radius 2 is 1.20 bits per heavy atom. The molecule has 5 N–H and O–H groups in total. The summed E-state index contributed by atoms with van der Waals surface area (Å²) in [4.78, 5) is 3.81. The molecule has 0 aromatic heterocycles. The Bertz CT molecular complexity index is 1460. The number of amidine groups is 2. The summed E-state index contributed by atoms with van der Waals surface area (Å²) in [5, 5.41) is 20.8. The van der Waals surface area contributed by atoms with Gasteiger partial charge in [-0.05, 0) is 50.5 Å². The van der Waals surface area contributed by atoms with Crippen LogP contribution in [0.5, 0.6) is 11.5 Å². The van der Waals surface area contributed by atoms with E-state index < -0.39 is 0 Å². The zero-order valence-corrected chi connectivity index (χ0v) is 28.4. The Labute approximate surface area is 272 Å². The Hall–Kier alpha value is -3.10. The van der Waals surface area contributed by atoms with Crippen molar-refractivity contribution in [3.05, 3.63) is 64.7 Å². The number of hydrogen-bond donors (Lipinski definition) is 4. The van der Waals surface area contributed by atoms with Crippen LogP contribution in [0.25, 0.3) is 0 Å². The molecule has 0 unspecified atom stereocenters. The Morgan fingerprint density at radius 1 is 0.682 bits per heavy atom. The molecule has 1 aliphatic heterocycles. The van der Waals surface area contributed by atoms with Crippen LogP contribution in [0.4, 0.5) is 5.69 Å². The second-order valence-electron chi connectivity index (χ2n) is 11.5. The van der Waals surface area contributed by atoms with E-state index >= 15 is 0 Å². The van der Waals surface area contributed by atoms with Crippen LogP contribution in [0.3, 0.4) is 0 Å². The standard InChI is InChI=1S/C36H48N4O2S2/c1-5-7-9-11-15-21-41-31-29-30(36(39)40-35(29)38)32(42-22-16-12-10-8-6-2)34(44-28-18-14-13-17-26(28)37)33(31)43-27-20-19-24(3)23-25(27)4/h13-14,17-20,23H,5-12,15-16,21-22,37H2,1-4H3,(H3,38,39,40). The Morgan fingerprint density at radius 3 is 1.73 bits per heavy atom. The van der Waals surface area contributed by atoms with Crippen molar-refractivity contribution in [1.82, 2.24) is 5.32 Å². The van der Waals surface area contributed by atoms with E-state index in [1.807, 2.05) is 24.3 Å². The fourth-order valence-electron chi connectivity index (χ4n) is 5.32. The first-order valence-electron chi connectivity index (χ1n) is 16.1. The second kappa shape index (κ2) is 16.8. The zero-order chi connectivity index (χ0) is 31.5. The third-order valence-corrected chi connectivity index (χ3v) is 10.3. The fourth-order valence-corrected chi connectivity index (χ4v) is 7.57. The van der Waals surface area contributed by atoms with Gasteiger partial charge in [0.1, 0.15) is 23.2 Å². The summed E-state index contributed by atoms with van der Waals surface area (Å²) in [6.07, 6.45) is 11.3. The van der Waals surface area contributed by atoms with E-state index in [-0.39, 0.29) is 11.7 Å². The average Bonchev–Trinajstić information content (AvgIpc) is 3.30. The summed E-state index contributed by atoms with van der Waals surface area (Å²) in [5.74, 6) is 1.63. The molecule has 0 atom stereocenters. The highest BCUT2D eigenvalue weighted by Gasteiger charge is 2.36. The van der Waals surface area contributed by atoms with Gasteiger partial charge in [-0.2, -0.15) is 0 Å². The van der Waals surface area contributed by atoms with E-state index in [0.29, 0.717) is 41.5 Å². The van der Waals surface area contributed by atoms with Gasteiger partial charge in [-0.1, -0.05) is 119 Å². The Kier molecular flexibility index (Phi) is 12.9. The number of para-hydroxylation sites is 1. The summed E-state index contributed by atoms with van der Waals surface area (Å²) in [6, 6.07) is 14.3. The van der Waals surface area contributed by atoms with E-state index in [2.05, 4.69) is 51.2 Å². The molecule has 0 radical (unpaired) electrons. The van der Waals surface area contributed by atoms with Crippen molar-refractivity contribution in [2.24, 2.45) is 0 Å². The van der Waals surface area contributed by atoms with Gasteiger partial charge >= 0.3 is 0 Å². The molecule has 0 bridgehead atoms. The minimum Gasteiger partial charge on any atom is -0.492 e. The largest absolute Gasteiger partial charge is 0.492 e. The number of anilines is 1. The number of nitrogens with one attached hydrogen (secondary N) is 3. The van der Waals surface area contributed by atoms with E-state index in [9.17, 15) is 0 Å². The van der Waals surface area contributed by atoms with Crippen LogP contribution in [0.15, 0.2) is 62.0 Å². The van der Waals surface area contributed by atoms with Crippen LogP contribution in [-0.4, -0.2) is 24.9 Å². The molecular weight excluding hydrogens is 585 g/mol. The number of nitrogen functional groups attached to an aromatic ring is 1. The predicted octanol–water partition coefficient (Wildman–Crippen LogP) is 10.1. The number of aryl methyl sites for hydroxylation is 2. The first-order chi connectivity index (χ1) is 21.3. The highest BCUT2D eigenvalue weighted by Crippen LogP contribution is 2.54. The van der Waals surface area contributed by atoms with Gasteiger partial charge < -0.3 is 20.5 Å². The second-order valence-corrected chi connectivity index (χ2v) is 13.6. The topological polar surface area (TPSA) is 104 Å². The molecular formula is C36H48N4O2S2. The highest BCUT2D eigenvalue weighted by atomic mass is 32.2. The highest BCUT2D eigenvalue weighted by molar-refractivity contribution is 8.02. The van der Waals surface area contributed by atoms with Crippen LogP contribution < -0.4 is 20.5 Å². The lowest BCUT2D eigenvalue weighted by molar-refractivity contribution is 0.283.